The van der Waals surface area contributed by atoms with Crippen molar-refractivity contribution in [3.63, 3.8) is 0 Å². The van der Waals surface area contributed by atoms with E-state index in [4.69, 9.17) is 10.00 Å². The van der Waals surface area contributed by atoms with E-state index < -0.39 is 24.5 Å². The lowest BCUT2D eigenvalue weighted by Crippen LogP contribution is -2.42. The quantitative estimate of drug-likeness (QED) is 0.564. The van der Waals surface area contributed by atoms with Crippen LogP contribution in [0, 0.1) is 11.3 Å². The van der Waals surface area contributed by atoms with Gasteiger partial charge in [-0.05, 0) is 25.0 Å². The van der Waals surface area contributed by atoms with Crippen LogP contribution in [-0.2, 0) is 20.9 Å². The van der Waals surface area contributed by atoms with E-state index in [9.17, 15) is 14.4 Å². The Labute approximate surface area is 161 Å². The highest BCUT2D eigenvalue weighted by Gasteiger charge is 2.24. The Morgan fingerprint density at radius 2 is 2.07 bits per heavy atom. The van der Waals surface area contributed by atoms with Crippen LogP contribution in [0.15, 0.2) is 36.5 Å². The van der Waals surface area contributed by atoms with E-state index in [1.54, 1.807) is 6.08 Å². The van der Waals surface area contributed by atoms with E-state index in [2.05, 4.69) is 16.7 Å². The van der Waals surface area contributed by atoms with Gasteiger partial charge in [0.2, 0.25) is 0 Å². The van der Waals surface area contributed by atoms with Crippen LogP contribution >= 0.6 is 0 Å². The monoisotopic (exact) mass is 380 g/mol. The molecule has 1 aromatic carbocycles. The number of nitrogens with one attached hydrogen (secondary N) is 2. The molecule has 1 aliphatic rings. The molecule has 1 heterocycles. The zero-order chi connectivity index (χ0) is 19.9. The van der Waals surface area contributed by atoms with Crippen LogP contribution in [0.2, 0.25) is 0 Å². The molecule has 1 fully saturated rings. The van der Waals surface area contributed by atoms with Gasteiger partial charge in [-0.2, -0.15) is 5.26 Å². The molecule has 28 heavy (non-hydrogen) atoms. The lowest BCUT2D eigenvalue weighted by molar-refractivity contribution is -0.143. The number of amides is 3. The fraction of sp³-hybridized carbons (Fsp3) is 0.300. The SMILES string of the molecule is N#CCCn1cc(/C=C/C(=O)OCC(=O)NC(=O)NC2CC2)c2ccccc21. The van der Waals surface area contributed by atoms with Gasteiger partial charge in [-0.3, -0.25) is 10.1 Å². The summed E-state index contributed by atoms with van der Waals surface area (Å²) in [4.78, 5) is 34.9. The first-order valence-electron chi connectivity index (χ1n) is 8.97. The number of esters is 1. The maximum absolute atomic E-state index is 11.9. The number of hydrogen-bond donors (Lipinski definition) is 2. The van der Waals surface area contributed by atoms with Crippen molar-refractivity contribution in [1.29, 1.82) is 5.26 Å². The van der Waals surface area contributed by atoms with Crippen LogP contribution < -0.4 is 10.6 Å². The number of urea groups is 1. The number of nitrogens with zero attached hydrogens (tertiary/aromatic N) is 2. The first-order valence-corrected chi connectivity index (χ1v) is 8.97. The van der Waals surface area contributed by atoms with Crippen LogP contribution in [0.1, 0.15) is 24.8 Å². The lowest BCUT2D eigenvalue weighted by Gasteiger charge is -2.05. The third-order valence-corrected chi connectivity index (χ3v) is 4.19. The Bertz CT molecular complexity index is 966. The van der Waals surface area contributed by atoms with Crippen LogP contribution in [0.3, 0.4) is 0 Å². The molecule has 3 rings (SSSR count). The van der Waals surface area contributed by atoms with Gasteiger partial charge in [-0.25, -0.2) is 9.59 Å². The van der Waals surface area contributed by atoms with Crippen LogP contribution in [0.25, 0.3) is 17.0 Å². The molecule has 0 unspecified atom stereocenters. The second-order valence-corrected chi connectivity index (χ2v) is 6.44. The topological polar surface area (TPSA) is 113 Å². The van der Waals surface area contributed by atoms with Gasteiger partial charge in [0.1, 0.15) is 0 Å². The van der Waals surface area contributed by atoms with Crippen molar-refractivity contribution in [1.82, 2.24) is 15.2 Å². The predicted octanol–water partition coefficient (Wildman–Crippen LogP) is 2.10. The second-order valence-electron chi connectivity index (χ2n) is 6.44. The molecule has 0 aliphatic heterocycles. The van der Waals surface area contributed by atoms with Gasteiger partial charge in [-0.1, -0.05) is 18.2 Å². The second kappa shape index (κ2) is 8.86. The summed E-state index contributed by atoms with van der Waals surface area (Å²) in [6.45, 7) is 0.0174. The van der Waals surface area contributed by atoms with E-state index in [0.29, 0.717) is 13.0 Å². The molecule has 0 bridgehead atoms. The summed E-state index contributed by atoms with van der Waals surface area (Å²) in [5.74, 6) is -1.38. The van der Waals surface area contributed by atoms with E-state index in [0.717, 1.165) is 29.3 Å². The van der Waals surface area contributed by atoms with Crippen LogP contribution in [-0.4, -0.2) is 35.1 Å². The highest BCUT2D eigenvalue weighted by atomic mass is 16.5. The molecule has 1 aromatic heterocycles. The number of benzene rings is 1. The zero-order valence-electron chi connectivity index (χ0n) is 15.2. The predicted molar refractivity (Wildman–Crippen MR) is 102 cm³/mol. The van der Waals surface area contributed by atoms with Crippen molar-refractivity contribution in [3.8, 4) is 6.07 Å². The molecule has 0 spiro atoms. The fourth-order valence-corrected chi connectivity index (χ4v) is 2.72. The average Bonchev–Trinajstić information content (AvgIpc) is 3.42. The summed E-state index contributed by atoms with van der Waals surface area (Å²) in [6, 6.07) is 9.34. The minimum absolute atomic E-state index is 0.133. The summed E-state index contributed by atoms with van der Waals surface area (Å²) in [5.41, 5.74) is 1.77. The number of fused-ring (bicyclic) bond motifs is 1. The first kappa shape index (κ1) is 19.2. The average molecular weight is 380 g/mol. The lowest BCUT2D eigenvalue weighted by atomic mass is 10.1. The summed E-state index contributed by atoms with van der Waals surface area (Å²) in [7, 11) is 0. The molecule has 1 aliphatic carbocycles. The smallest absolute Gasteiger partial charge is 0.331 e. The fourth-order valence-electron chi connectivity index (χ4n) is 2.72. The molecule has 0 saturated heterocycles. The van der Waals surface area contributed by atoms with Gasteiger partial charge in [0.25, 0.3) is 5.91 Å². The third-order valence-electron chi connectivity index (χ3n) is 4.19. The maximum Gasteiger partial charge on any atom is 0.331 e. The van der Waals surface area contributed by atoms with Gasteiger partial charge in [0.15, 0.2) is 6.61 Å². The summed E-state index contributed by atoms with van der Waals surface area (Å²) in [5, 5.41) is 14.4. The summed E-state index contributed by atoms with van der Waals surface area (Å²) < 4.78 is 6.82. The molecule has 3 amide bonds. The van der Waals surface area contributed by atoms with Gasteiger partial charge < -0.3 is 14.6 Å². The van der Waals surface area contributed by atoms with Crippen LogP contribution in [0.5, 0.6) is 0 Å². The highest BCUT2D eigenvalue weighted by molar-refractivity contribution is 5.97. The Morgan fingerprint density at radius 1 is 1.29 bits per heavy atom. The summed E-state index contributed by atoms with van der Waals surface area (Å²) in [6.07, 6.45) is 6.90. The zero-order valence-corrected chi connectivity index (χ0v) is 15.2. The maximum atomic E-state index is 11.9. The van der Waals surface area contributed by atoms with E-state index in [1.165, 1.54) is 6.08 Å². The van der Waals surface area contributed by atoms with Crippen LogP contribution in [0.4, 0.5) is 4.79 Å². The molecule has 8 heteroatoms. The van der Waals surface area contributed by atoms with Gasteiger partial charge >= 0.3 is 12.0 Å². The molecule has 0 atom stereocenters. The van der Waals surface area contributed by atoms with Gasteiger partial charge in [0, 0.05) is 41.3 Å². The van der Waals surface area contributed by atoms with Gasteiger partial charge in [0.05, 0.1) is 12.5 Å². The third kappa shape index (κ3) is 5.20. The largest absolute Gasteiger partial charge is 0.452 e. The number of aryl methyl sites for hydroxylation is 1. The Kier molecular flexibility index (Phi) is 6.07. The van der Waals surface area contributed by atoms with Gasteiger partial charge in [-0.15, -0.1) is 0 Å². The van der Waals surface area contributed by atoms with Crippen molar-refractivity contribution >= 4 is 34.9 Å². The van der Waals surface area contributed by atoms with Crippen molar-refractivity contribution in [2.75, 3.05) is 6.61 Å². The number of carbonyl (C=O) groups excluding carboxylic acids is 3. The number of carbonyl (C=O) groups is 3. The van der Waals surface area contributed by atoms with E-state index in [1.807, 2.05) is 35.0 Å². The Hall–Kier alpha value is -3.60. The number of ether oxygens (including phenoxy) is 1. The first-order chi connectivity index (χ1) is 13.6. The molecule has 8 nitrogen and oxygen atoms in total. The number of nitriles is 1. The normalized spacial score (nSPS) is 13.2. The number of para-hydroxylation sites is 1. The highest BCUT2D eigenvalue weighted by Crippen LogP contribution is 2.23. The number of rotatable bonds is 7. The number of hydrogen-bond acceptors (Lipinski definition) is 5. The number of aromatic nitrogens is 1. The molecule has 144 valence electrons. The van der Waals surface area contributed by atoms with Crippen molar-refractivity contribution in [2.45, 2.75) is 31.8 Å². The Balaban J connectivity index is 1.55. The van der Waals surface area contributed by atoms with E-state index in [-0.39, 0.29) is 6.04 Å². The minimum Gasteiger partial charge on any atom is -0.452 e. The summed E-state index contributed by atoms with van der Waals surface area (Å²) >= 11 is 0. The number of imide groups is 1. The van der Waals surface area contributed by atoms with Crippen molar-refractivity contribution in [3.05, 3.63) is 42.1 Å². The van der Waals surface area contributed by atoms with Crippen molar-refractivity contribution < 1.29 is 19.1 Å². The van der Waals surface area contributed by atoms with Crippen molar-refractivity contribution in [2.24, 2.45) is 0 Å². The molecule has 0 radical (unpaired) electrons. The Morgan fingerprint density at radius 3 is 2.82 bits per heavy atom. The minimum atomic E-state index is -0.688. The molecule has 1 saturated carbocycles. The molecular formula is C20H20N4O4. The molecule has 2 aromatic rings. The molecular weight excluding hydrogens is 360 g/mol. The molecule has 2 N–H and O–H groups in total. The van der Waals surface area contributed by atoms with E-state index >= 15 is 0 Å². The standard InChI is InChI=1S/C20H20N4O4/c21-10-3-11-24-12-14(16-4-1-2-5-17(16)24)6-9-19(26)28-13-18(25)23-20(27)22-15-7-8-15/h1-2,4-6,9,12,15H,3,7-8,11,13H2,(H2,22,23,25,27)/b9-6+.